The van der Waals surface area contributed by atoms with E-state index in [1.54, 1.807) is 0 Å². The lowest BCUT2D eigenvalue weighted by Crippen LogP contribution is -2.20. The van der Waals surface area contributed by atoms with Gasteiger partial charge >= 0.3 is 5.97 Å². The van der Waals surface area contributed by atoms with Crippen LogP contribution in [0.4, 0.5) is 8.78 Å². The van der Waals surface area contributed by atoms with Crippen LogP contribution in [0.1, 0.15) is 10.4 Å². The highest BCUT2D eigenvalue weighted by Gasteiger charge is 2.15. The Labute approximate surface area is 140 Å². The molecule has 5 nitrogen and oxygen atoms in total. The highest BCUT2D eigenvalue weighted by atomic mass is 19.1. The van der Waals surface area contributed by atoms with Crippen molar-refractivity contribution in [1.29, 1.82) is 0 Å². The summed E-state index contributed by atoms with van der Waals surface area (Å²) >= 11 is 0. The number of aromatic nitrogens is 1. The molecule has 3 aromatic rings. The number of ether oxygens (including phenoxy) is 1. The van der Waals surface area contributed by atoms with Crippen molar-refractivity contribution >= 4 is 16.9 Å². The molecule has 3 rings (SSSR count). The van der Waals surface area contributed by atoms with Crippen LogP contribution in [0.25, 0.3) is 10.9 Å². The fraction of sp³-hybridized carbons (Fsp3) is 0.111. The van der Waals surface area contributed by atoms with Crippen LogP contribution in [-0.4, -0.2) is 22.2 Å². The standard InChI is InChI=1S/C18H13F2NO4/c19-11-1-4-13(5-2-11)25-8-7-21-10-15(18(23)24)17(22)14-9-12(20)3-6-16(14)21/h1-6,9-10H,7-8H2,(H,23,24). The smallest absolute Gasteiger partial charge is 0.341 e. The zero-order valence-corrected chi connectivity index (χ0v) is 12.9. The Morgan fingerprint density at radius 2 is 1.76 bits per heavy atom. The van der Waals surface area contributed by atoms with E-state index in [0.29, 0.717) is 11.3 Å². The Morgan fingerprint density at radius 1 is 1.08 bits per heavy atom. The number of carboxylic acids is 1. The molecule has 0 atom stereocenters. The summed E-state index contributed by atoms with van der Waals surface area (Å²) in [7, 11) is 0. The lowest BCUT2D eigenvalue weighted by atomic mass is 10.1. The SMILES string of the molecule is O=C(O)c1cn(CCOc2ccc(F)cc2)c2ccc(F)cc2c1=O. The van der Waals surface area contributed by atoms with Crippen molar-refractivity contribution in [2.75, 3.05) is 6.61 Å². The molecule has 7 heteroatoms. The Hall–Kier alpha value is -3.22. The molecule has 0 unspecified atom stereocenters. The van der Waals surface area contributed by atoms with Crippen molar-refractivity contribution in [3.05, 3.63) is 76.1 Å². The van der Waals surface area contributed by atoms with E-state index in [1.807, 2.05) is 0 Å². The molecule has 0 saturated carbocycles. The summed E-state index contributed by atoms with van der Waals surface area (Å²) in [6.45, 7) is 0.375. The maximum Gasteiger partial charge on any atom is 0.341 e. The molecule has 0 aliphatic carbocycles. The fourth-order valence-corrected chi connectivity index (χ4v) is 2.50. The molecule has 128 valence electrons. The first-order valence-corrected chi connectivity index (χ1v) is 7.40. The molecule has 0 aliphatic heterocycles. The highest BCUT2D eigenvalue weighted by Crippen LogP contribution is 2.15. The van der Waals surface area contributed by atoms with Gasteiger partial charge in [-0.3, -0.25) is 4.79 Å². The van der Waals surface area contributed by atoms with E-state index in [2.05, 4.69) is 0 Å². The van der Waals surface area contributed by atoms with Gasteiger partial charge < -0.3 is 14.4 Å². The first-order chi connectivity index (χ1) is 12.0. The average molecular weight is 345 g/mol. The minimum absolute atomic E-state index is 0.0123. The van der Waals surface area contributed by atoms with Gasteiger partial charge in [0.25, 0.3) is 0 Å². The van der Waals surface area contributed by atoms with Crippen molar-refractivity contribution in [2.24, 2.45) is 0 Å². The normalized spacial score (nSPS) is 10.8. The lowest BCUT2D eigenvalue weighted by Gasteiger charge is -2.13. The van der Waals surface area contributed by atoms with Crippen molar-refractivity contribution in [3.63, 3.8) is 0 Å². The predicted molar refractivity (Wildman–Crippen MR) is 87.0 cm³/mol. The van der Waals surface area contributed by atoms with Crippen LogP contribution in [0.3, 0.4) is 0 Å². The molecule has 0 bridgehead atoms. The lowest BCUT2D eigenvalue weighted by molar-refractivity contribution is 0.0694. The van der Waals surface area contributed by atoms with Gasteiger partial charge in [0.2, 0.25) is 5.43 Å². The Morgan fingerprint density at radius 3 is 2.44 bits per heavy atom. The number of pyridine rings is 1. The number of fused-ring (bicyclic) bond motifs is 1. The van der Waals surface area contributed by atoms with Gasteiger partial charge in [0, 0.05) is 11.6 Å². The second-order valence-corrected chi connectivity index (χ2v) is 5.33. The second-order valence-electron chi connectivity index (χ2n) is 5.33. The van der Waals surface area contributed by atoms with Crippen LogP contribution in [0.5, 0.6) is 5.75 Å². The summed E-state index contributed by atoms with van der Waals surface area (Å²) in [5.41, 5.74) is -0.781. The summed E-state index contributed by atoms with van der Waals surface area (Å²) < 4.78 is 33.3. The summed E-state index contributed by atoms with van der Waals surface area (Å²) in [5.74, 6) is -1.94. The molecule has 0 radical (unpaired) electrons. The third-order valence-corrected chi connectivity index (χ3v) is 3.69. The van der Waals surface area contributed by atoms with E-state index in [9.17, 15) is 23.5 Å². The molecule has 0 fully saturated rings. The molecule has 0 saturated heterocycles. The first-order valence-electron chi connectivity index (χ1n) is 7.40. The van der Waals surface area contributed by atoms with Crippen LogP contribution in [0.15, 0.2) is 53.5 Å². The molecular formula is C18H13F2NO4. The number of hydrogen-bond acceptors (Lipinski definition) is 3. The number of hydrogen-bond donors (Lipinski definition) is 1. The number of benzene rings is 2. The number of aromatic carboxylic acids is 1. The van der Waals surface area contributed by atoms with Gasteiger partial charge in [-0.2, -0.15) is 0 Å². The summed E-state index contributed by atoms with van der Waals surface area (Å²) in [6.07, 6.45) is 1.21. The van der Waals surface area contributed by atoms with Crippen molar-refractivity contribution in [3.8, 4) is 5.75 Å². The molecule has 0 amide bonds. The molecule has 25 heavy (non-hydrogen) atoms. The number of halogens is 2. The third-order valence-electron chi connectivity index (χ3n) is 3.69. The molecule has 0 spiro atoms. The van der Waals surface area contributed by atoms with E-state index in [1.165, 1.54) is 47.2 Å². The van der Waals surface area contributed by atoms with Crippen LogP contribution < -0.4 is 10.2 Å². The van der Waals surface area contributed by atoms with E-state index in [-0.39, 0.29) is 24.4 Å². The number of rotatable bonds is 5. The van der Waals surface area contributed by atoms with Crippen LogP contribution in [0, 0.1) is 11.6 Å². The molecule has 2 aromatic carbocycles. The first kappa shape index (κ1) is 16.6. The zero-order chi connectivity index (χ0) is 18.0. The third kappa shape index (κ3) is 3.50. The summed E-state index contributed by atoms with van der Waals surface area (Å²) in [5, 5.41) is 9.16. The topological polar surface area (TPSA) is 68.5 Å². The summed E-state index contributed by atoms with van der Waals surface area (Å²) in [6, 6.07) is 9.08. The van der Waals surface area contributed by atoms with Gasteiger partial charge in [0.15, 0.2) is 0 Å². The van der Waals surface area contributed by atoms with E-state index >= 15 is 0 Å². The van der Waals surface area contributed by atoms with Crippen LogP contribution >= 0.6 is 0 Å². The minimum atomic E-state index is -1.38. The molecule has 0 aliphatic rings. The Balaban J connectivity index is 1.92. The number of carbonyl (C=O) groups is 1. The van der Waals surface area contributed by atoms with E-state index in [0.717, 1.165) is 6.07 Å². The highest BCUT2D eigenvalue weighted by molar-refractivity contribution is 5.92. The van der Waals surface area contributed by atoms with E-state index < -0.39 is 22.8 Å². The monoisotopic (exact) mass is 345 g/mol. The van der Waals surface area contributed by atoms with Crippen molar-refractivity contribution in [1.82, 2.24) is 4.57 Å². The molecule has 1 heterocycles. The number of carboxylic acid groups (broad SMARTS) is 1. The fourth-order valence-electron chi connectivity index (χ4n) is 2.50. The second kappa shape index (κ2) is 6.72. The van der Waals surface area contributed by atoms with Crippen molar-refractivity contribution < 1.29 is 23.4 Å². The Kier molecular flexibility index (Phi) is 4.47. The van der Waals surface area contributed by atoms with Gasteiger partial charge in [-0.25, -0.2) is 13.6 Å². The molecule has 1 aromatic heterocycles. The quantitative estimate of drug-likeness (QED) is 0.772. The maximum absolute atomic E-state index is 13.4. The minimum Gasteiger partial charge on any atom is -0.492 e. The predicted octanol–water partition coefficient (Wildman–Crippen LogP) is 3.06. The largest absolute Gasteiger partial charge is 0.492 e. The maximum atomic E-state index is 13.4. The van der Waals surface area contributed by atoms with Gasteiger partial charge in [-0.05, 0) is 42.5 Å². The van der Waals surface area contributed by atoms with Gasteiger partial charge in [0.05, 0.1) is 12.1 Å². The van der Waals surface area contributed by atoms with Gasteiger partial charge in [-0.1, -0.05) is 0 Å². The Bertz CT molecular complexity index is 996. The van der Waals surface area contributed by atoms with Crippen molar-refractivity contribution in [2.45, 2.75) is 6.54 Å². The van der Waals surface area contributed by atoms with Gasteiger partial charge in [-0.15, -0.1) is 0 Å². The van der Waals surface area contributed by atoms with Crippen LogP contribution in [0.2, 0.25) is 0 Å². The average Bonchev–Trinajstić information content (AvgIpc) is 2.58. The van der Waals surface area contributed by atoms with E-state index in [4.69, 9.17) is 4.74 Å². The number of nitrogens with zero attached hydrogens (tertiary/aromatic N) is 1. The molecule has 1 N–H and O–H groups in total. The molecular weight excluding hydrogens is 332 g/mol. The van der Waals surface area contributed by atoms with Crippen LogP contribution in [-0.2, 0) is 6.54 Å². The zero-order valence-electron chi connectivity index (χ0n) is 12.9. The van der Waals surface area contributed by atoms with Gasteiger partial charge in [0.1, 0.15) is 29.6 Å². The summed E-state index contributed by atoms with van der Waals surface area (Å²) in [4.78, 5) is 23.4.